The molecule has 0 spiro atoms. The summed E-state index contributed by atoms with van der Waals surface area (Å²) in [5, 5.41) is 0. The van der Waals surface area contributed by atoms with Crippen LogP contribution in [0.15, 0.2) is 41.3 Å². The van der Waals surface area contributed by atoms with Crippen molar-refractivity contribution in [1.82, 2.24) is 0 Å². The smallest absolute Gasteiger partial charge is 0.306 e. The summed E-state index contributed by atoms with van der Waals surface area (Å²) in [7, 11) is -3.92. The summed E-state index contributed by atoms with van der Waals surface area (Å²) in [6, 6.07) is 6.56. The van der Waals surface area contributed by atoms with E-state index in [0.717, 1.165) is 25.0 Å². The maximum Gasteiger partial charge on any atom is 0.306 e. The number of Topliss-reactive ketones (excluding diaryl/α,β-unsaturated/α-hetero) is 1. The highest BCUT2D eigenvalue weighted by Crippen LogP contribution is 2.39. The van der Waals surface area contributed by atoms with E-state index < -0.39 is 10.1 Å². The molecule has 0 N–H and O–H groups in total. The number of allylic oxidation sites excluding steroid dienone is 2. The van der Waals surface area contributed by atoms with Gasteiger partial charge in [-0.3, -0.25) is 13.8 Å². The molecule has 9 heteroatoms. The number of esters is 1. The summed E-state index contributed by atoms with van der Waals surface area (Å²) in [6.07, 6.45) is 13.2. The van der Waals surface area contributed by atoms with Crippen molar-refractivity contribution in [3.63, 3.8) is 0 Å². The Hall–Kier alpha value is -2.07. The molecule has 3 atom stereocenters. The van der Waals surface area contributed by atoms with Gasteiger partial charge in [0.05, 0.1) is 30.8 Å². The molecule has 1 fully saturated rings. The molecule has 0 radical (unpaired) electrons. The maximum absolute atomic E-state index is 13.1. The Morgan fingerprint density at radius 2 is 1.65 bits per heavy atom. The van der Waals surface area contributed by atoms with Crippen molar-refractivity contribution < 1.29 is 36.4 Å². The molecule has 0 aromatic heterocycles. The molecule has 0 unspecified atom stereocenters. The number of hydrogen-bond donors (Lipinski definition) is 0. The summed E-state index contributed by atoms with van der Waals surface area (Å²) >= 11 is 0. The topological polar surface area (TPSA) is 105 Å². The molecule has 244 valence electrons. The summed E-state index contributed by atoms with van der Waals surface area (Å²) in [4.78, 5) is 24.9. The molecule has 0 bridgehead atoms. The SMILES string of the molecule is CCCCCCCOCCOCC[C@H]1[C@H](COS(=O)(=O)c2ccc(C)cc2)CC(=O)[C@@H]1C/C=C\CCCC(=O)OC(C)C. The lowest BCUT2D eigenvalue weighted by atomic mass is 9.85. The first-order valence-corrected chi connectivity index (χ1v) is 17.5. The molecule has 43 heavy (non-hydrogen) atoms. The zero-order valence-corrected chi connectivity index (χ0v) is 27.6. The largest absolute Gasteiger partial charge is 0.463 e. The van der Waals surface area contributed by atoms with Gasteiger partial charge in [0.2, 0.25) is 0 Å². The third kappa shape index (κ3) is 15.0. The van der Waals surface area contributed by atoms with Crippen molar-refractivity contribution in [2.45, 2.75) is 109 Å². The molecule has 1 aliphatic rings. The Morgan fingerprint density at radius 3 is 2.35 bits per heavy atom. The van der Waals surface area contributed by atoms with Gasteiger partial charge in [0, 0.05) is 32.0 Å². The molecule has 1 aromatic rings. The predicted molar refractivity (Wildman–Crippen MR) is 168 cm³/mol. The third-order valence-corrected chi connectivity index (χ3v) is 9.08. The molecule has 0 amide bonds. The van der Waals surface area contributed by atoms with Gasteiger partial charge in [0.15, 0.2) is 0 Å². The maximum atomic E-state index is 13.1. The first-order valence-electron chi connectivity index (χ1n) is 16.1. The summed E-state index contributed by atoms with van der Waals surface area (Å²) in [6.45, 7) is 9.96. The molecular weight excluding hydrogens is 568 g/mol. The van der Waals surface area contributed by atoms with Gasteiger partial charge in [-0.2, -0.15) is 8.42 Å². The van der Waals surface area contributed by atoms with Crippen molar-refractivity contribution in [2.24, 2.45) is 17.8 Å². The van der Waals surface area contributed by atoms with Crippen LogP contribution in [0.2, 0.25) is 0 Å². The van der Waals surface area contributed by atoms with Crippen molar-refractivity contribution in [2.75, 3.05) is 33.0 Å². The lowest BCUT2D eigenvalue weighted by Gasteiger charge is -2.23. The monoisotopic (exact) mass is 622 g/mol. The average molecular weight is 623 g/mol. The van der Waals surface area contributed by atoms with Gasteiger partial charge in [-0.15, -0.1) is 0 Å². The van der Waals surface area contributed by atoms with Gasteiger partial charge in [0.25, 0.3) is 10.1 Å². The van der Waals surface area contributed by atoms with Crippen LogP contribution in [0, 0.1) is 24.7 Å². The number of unbranched alkanes of at least 4 members (excludes halogenated alkanes) is 5. The molecule has 1 saturated carbocycles. The highest BCUT2D eigenvalue weighted by atomic mass is 32.2. The summed E-state index contributed by atoms with van der Waals surface area (Å²) in [5.74, 6) is -0.551. The number of ketones is 1. The number of benzene rings is 1. The minimum atomic E-state index is -3.92. The van der Waals surface area contributed by atoms with E-state index >= 15 is 0 Å². The normalized spacial score (nSPS) is 19.1. The average Bonchev–Trinajstić information content (AvgIpc) is 3.26. The van der Waals surface area contributed by atoms with Crippen LogP contribution < -0.4 is 0 Å². The van der Waals surface area contributed by atoms with Gasteiger partial charge >= 0.3 is 5.97 Å². The molecule has 0 aliphatic heterocycles. The molecule has 1 aliphatic carbocycles. The van der Waals surface area contributed by atoms with Gasteiger partial charge < -0.3 is 14.2 Å². The van der Waals surface area contributed by atoms with Crippen LogP contribution in [0.4, 0.5) is 0 Å². The second-order valence-electron chi connectivity index (χ2n) is 11.8. The number of hydrogen-bond acceptors (Lipinski definition) is 8. The van der Waals surface area contributed by atoms with E-state index in [9.17, 15) is 18.0 Å². The first kappa shape index (κ1) is 37.1. The molecule has 0 heterocycles. The van der Waals surface area contributed by atoms with E-state index in [0.29, 0.717) is 45.5 Å². The number of ether oxygens (including phenoxy) is 3. The summed E-state index contributed by atoms with van der Waals surface area (Å²) in [5.41, 5.74) is 0.962. The van der Waals surface area contributed by atoms with Crippen molar-refractivity contribution in [3.8, 4) is 0 Å². The standard InChI is InChI=1S/C34H54O8S/c1-5-6-7-10-13-21-39-23-24-40-22-20-31-29(26-41-43(37,38)30-18-16-28(4)17-19-30)25-33(35)32(31)14-11-8-9-12-15-34(36)42-27(2)3/h8,11,16-19,27,29,31-32H,5-7,9-10,12-15,20-26H2,1-4H3/b11-8-/t29-,31-,32+/m0/s1. The molecule has 2 rings (SSSR count). The van der Waals surface area contributed by atoms with Crippen LogP contribution in [0.3, 0.4) is 0 Å². The van der Waals surface area contributed by atoms with Crippen LogP contribution in [0.25, 0.3) is 0 Å². The van der Waals surface area contributed by atoms with E-state index in [1.165, 1.54) is 25.7 Å². The van der Waals surface area contributed by atoms with Crippen LogP contribution in [0.5, 0.6) is 0 Å². The van der Waals surface area contributed by atoms with Crippen LogP contribution in [-0.2, 0) is 38.1 Å². The van der Waals surface area contributed by atoms with Gasteiger partial charge in [-0.05, 0) is 76.8 Å². The Morgan fingerprint density at radius 1 is 0.953 bits per heavy atom. The molecule has 1 aromatic carbocycles. The van der Waals surface area contributed by atoms with Crippen LogP contribution >= 0.6 is 0 Å². The fourth-order valence-electron chi connectivity index (χ4n) is 5.40. The van der Waals surface area contributed by atoms with E-state index in [1.54, 1.807) is 24.3 Å². The predicted octanol–water partition coefficient (Wildman–Crippen LogP) is 6.98. The van der Waals surface area contributed by atoms with E-state index in [1.807, 2.05) is 32.9 Å². The molecular formula is C34H54O8S. The second kappa shape index (κ2) is 20.8. The quantitative estimate of drug-likeness (QED) is 0.0557. The molecule has 0 saturated heterocycles. The fraction of sp³-hybridized carbons (Fsp3) is 0.706. The number of rotatable bonds is 23. The van der Waals surface area contributed by atoms with Crippen LogP contribution in [0.1, 0.15) is 97.0 Å². The van der Waals surface area contributed by atoms with E-state index in [2.05, 4.69) is 6.92 Å². The Kier molecular flexibility index (Phi) is 18.0. The summed E-state index contributed by atoms with van der Waals surface area (Å²) < 4.78 is 47.8. The Balaban J connectivity index is 1.88. The highest BCUT2D eigenvalue weighted by Gasteiger charge is 2.42. The lowest BCUT2D eigenvalue weighted by Crippen LogP contribution is -2.23. The third-order valence-electron chi connectivity index (χ3n) is 7.78. The van der Waals surface area contributed by atoms with Crippen LogP contribution in [-0.4, -0.2) is 59.3 Å². The first-order chi connectivity index (χ1) is 20.6. The highest BCUT2D eigenvalue weighted by molar-refractivity contribution is 7.86. The Bertz CT molecular complexity index is 1060. The minimum absolute atomic E-state index is 0.0358. The van der Waals surface area contributed by atoms with Gasteiger partial charge in [-0.25, -0.2) is 0 Å². The zero-order valence-electron chi connectivity index (χ0n) is 26.8. The lowest BCUT2D eigenvalue weighted by molar-refractivity contribution is -0.147. The Labute approximate surface area is 260 Å². The number of carbonyl (C=O) groups is 2. The minimum Gasteiger partial charge on any atom is -0.463 e. The van der Waals surface area contributed by atoms with Crippen molar-refractivity contribution in [3.05, 3.63) is 42.0 Å². The van der Waals surface area contributed by atoms with Crippen molar-refractivity contribution >= 4 is 21.9 Å². The van der Waals surface area contributed by atoms with Gasteiger partial charge in [0.1, 0.15) is 5.78 Å². The zero-order chi connectivity index (χ0) is 31.5. The van der Waals surface area contributed by atoms with Gasteiger partial charge in [-0.1, -0.05) is 62.5 Å². The number of carbonyl (C=O) groups excluding carboxylic acids is 2. The van der Waals surface area contributed by atoms with Crippen molar-refractivity contribution in [1.29, 1.82) is 0 Å². The molecule has 8 nitrogen and oxygen atoms in total. The number of aryl methyl sites for hydroxylation is 1. The van der Waals surface area contributed by atoms with E-state index in [-0.39, 0.29) is 53.5 Å². The fourth-order valence-corrected chi connectivity index (χ4v) is 6.36. The second-order valence-corrected chi connectivity index (χ2v) is 13.4. The van der Waals surface area contributed by atoms with E-state index in [4.69, 9.17) is 18.4 Å².